The van der Waals surface area contributed by atoms with Crippen LogP contribution in [0.1, 0.15) is 19.8 Å². The van der Waals surface area contributed by atoms with E-state index in [-0.39, 0.29) is 0 Å². The second kappa shape index (κ2) is 4.21. The molecular formula is C6H13O2P. The molecule has 0 aromatic rings. The van der Waals surface area contributed by atoms with Crippen LogP contribution >= 0.6 is 8.38 Å². The Bertz CT molecular complexity index is 71.5. The highest BCUT2D eigenvalue weighted by atomic mass is 31.2. The van der Waals surface area contributed by atoms with Gasteiger partial charge in [0.1, 0.15) is 0 Å². The minimum absolute atomic E-state index is 0.451. The lowest BCUT2D eigenvalue weighted by atomic mass is 10.4. The molecule has 1 aliphatic rings. The third kappa shape index (κ3) is 2.61. The molecule has 1 fully saturated rings. The van der Waals surface area contributed by atoms with Gasteiger partial charge in [-0.05, 0) is 6.42 Å². The van der Waals surface area contributed by atoms with Crippen molar-refractivity contribution in [2.45, 2.75) is 19.8 Å². The highest BCUT2D eigenvalue weighted by Crippen LogP contribution is 2.42. The van der Waals surface area contributed by atoms with Crippen molar-refractivity contribution in [2.24, 2.45) is 0 Å². The molecule has 0 aliphatic carbocycles. The molecular weight excluding hydrogens is 135 g/mol. The molecule has 54 valence electrons. The first-order valence-electron chi connectivity index (χ1n) is 3.47. The van der Waals surface area contributed by atoms with E-state index in [9.17, 15) is 0 Å². The average Bonchev–Trinajstić information content (AvgIpc) is 2.34. The van der Waals surface area contributed by atoms with Crippen molar-refractivity contribution in [3.05, 3.63) is 0 Å². The van der Waals surface area contributed by atoms with E-state index in [1.54, 1.807) is 0 Å². The van der Waals surface area contributed by atoms with Crippen molar-refractivity contribution in [1.29, 1.82) is 0 Å². The number of rotatable bonds is 3. The smallest absolute Gasteiger partial charge is 0.170 e. The van der Waals surface area contributed by atoms with Gasteiger partial charge in [-0.2, -0.15) is 0 Å². The van der Waals surface area contributed by atoms with Crippen LogP contribution in [0.3, 0.4) is 0 Å². The Labute approximate surface area is 57.5 Å². The van der Waals surface area contributed by atoms with E-state index in [4.69, 9.17) is 9.05 Å². The summed E-state index contributed by atoms with van der Waals surface area (Å²) in [5.41, 5.74) is 0. The molecule has 1 heterocycles. The first-order chi connectivity index (χ1) is 4.43. The first kappa shape index (κ1) is 7.46. The zero-order valence-electron chi connectivity index (χ0n) is 5.80. The van der Waals surface area contributed by atoms with Crippen molar-refractivity contribution in [3.8, 4) is 0 Å². The topological polar surface area (TPSA) is 18.5 Å². The molecule has 0 amide bonds. The highest BCUT2D eigenvalue weighted by molar-refractivity contribution is 7.47. The predicted octanol–water partition coefficient (Wildman–Crippen LogP) is 2.15. The zero-order chi connectivity index (χ0) is 6.53. The normalized spacial score (nSPS) is 21.0. The molecule has 0 bridgehead atoms. The molecule has 1 aliphatic heterocycles. The summed E-state index contributed by atoms with van der Waals surface area (Å²) in [6.07, 6.45) is 3.61. The monoisotopic (exact) mass is 148 g/mol. The van der Waals surface area contributed by atoms with Gasteiger partial charge in [-0.15, -0.1) is 0 Å². The lowest BCUT2D eigenvalue weighted by molar-refractivity contribution is 0.365. The maximum absolute atomic E-state index is 5.30. The molecule has 0 N–H and O–H groups in total. The second-order valence-corrected chi connectivity index (χ2v) is 3.71. The Morgan fingerprint density at radius 1 is 1.33 bits per heavy atom. The lowest BCUT2D eigenvalue weighted by Crippen LogP contribution is -1.81. The summed E-state index contributed by atoms with van der Waals surface area (Å²) in [4.78, 5) is 0. The standard InChI is InChI=1S/C6H13O2P/c1-2-3-6-9-7-4-5-8-9/h2-6H2,1H3. The quantitative estimate of drug-likeness (QED) is 0.571. The summed E-state index contributed by atoms with van der Waals surface area (Å²) in [6.45, 7) is 3.82. The fourth-order valence-corrected chi connectivity index (χ4v) is 2.20. The van der Waals surface area contributed by atoms with Crippen molar-refractivity contribution in [3.63, 3.8) is 0 Å². The van der Waals surface area contributed by atoms with E-state index in [1.807, 2.05) is 0 Å². The van der Waals surface area contributed by atoms with Gasteiger partial charge >= 0.3 is 0 Å². The Morgan fingerprint density at radius 3 is 2.56 bits per heavy atom. The van der Waals surface area contributed by atoms with Crippen molar-refractivity contribution >= 4 is 8.38 Å². The van der Waals surface area contributed by atoms with E-state index in [1.165, 1.54) is 12.8 Å². The summed E-state index contributed by atoms with van der Waals surface area (Å²) >= 11 is 0. The largest absolute Gasteiger partial charge is 0.332 e. The van der Waals surface area contributed by atoms with Crippen LogP contribution in [0.2, 0.25) is 0 Å². The van der Waals surface area contributed by atoms with Crippen LogP contribution in [0, 0.1) is 0 Å². The van der Waals surface area contributed by atoms with Crippen LogP contribution in [0.4, 0.5) is 0 Å². The van der Waals surface area contributed by atoms with Crippen LogP contribution in [0.5, 0.6) is 0 Å². The van der Waals surface area contributed by atoms with Crippen LogP contribution < -0.4 is 0 Å². The summed E-state index contributed by atoms with van der Waals surface area (Å²) < 4.78 is 10.6. The van der Waals surface area contributed by atoms with Gasteiger partial charge in [0, 0.05) is 6.16 Å². The van der Waals surface area contributed by atoms with Crippen LogP contribution in [-0.2, 0) is 9.05 Å². The summed E-state index contributed by atoms with van der Waals surface area (Å²) in [5, 5.41) is 0. The molecule has 1 rings (SSSR count). The molecule has 2 nitrogen and oxygen atoms in total. The van der Waals surface area contributed by atoms with E-state index in [0.717, 1.165) is 19.4 Å². The van der Waals surface area contributed by atoms with Gasteiger partial charge in [-0.1, -0.05) is 13.3 Å². The molecule has 0 spiro atoms. The molecule has 3 heteroatoms. The second-order valence-electron chi connectivity index (χ2n) is 2.08. The summed E-state index contributed by atoms with van der Waals surface area (Å²) in [6, 6.07) is 0. The van der Waals surface area contributed by atoms with Gasteiger partial charge in [0.15, 0.2) is 8.38 Å². The Balaban J connectivity index is 1.98. The summed E-state index contributed by atoms with van der Waals surface area (Å²) in [7, 11) is -0.451. The van der Waals surface area contributed by atoms with E-state index < -0.39 is 8.38 Å². The van der Waals surface area contributed by atoms with Crippen LogP contribution in [-0.4, -0.2) is 19.4 Å². The molecule has 9 heavy (non-hydrogen) atoms. The fourth-order valence-electron chi connectivity index (χ4n) is 0.732. The molecule has 0 aromatic carbocycles. The Kier molecular flexibility index (Phi) is 3.49. The predicted molar refractivity (Wildman–Crippen MR) is 38.6 cm³/mol. The zero-order valence-corrected chi connectivity index (χ0v) is 6.69. The number of unbranched alkanes of at least 4 members (excludes halogenated alkanes) is 1. The maximum atomic E-state index is 5.30. The average molecular weight is 148 g/mol. The minimum Gasteiger partial charge on any atom is -0.332 e. The third-order valence-corrected chi connectivity index (χ3v) is 2.87. The van der Waals surface area contributed by atoms with E-state index in [0.29, 0.717) is 0 Å². The van der Waals surface area contributed by atoms with Gasteiger partial charge in [0.05, 0.1) is 13.2 Å². The lowest BCUT2D eigenvalue weighted by Gasteiger charge is -2.04. The Morgan fingerprint density at radius 2 is 2.00 bits per heavy atom. The third-order valence-electron chi connectivity index (χ3n) is 1.25. The van der Waals surface area contributed by atoms with Crippen LogP contribution in [0.15, 0.2) is 0 Å². The molecule has 0 atom stereocenters. The van der Waals surface area contributed by atoms with Crippen molar-refractivity contribution in [1.82, 2.24) is 0 Å². The van der Waals surface area contributed by atoms with Crippen molar-refractivity contribution < 1.29 is 9.05 Å². The number of hydrogen-bond donors (Lipinski definition) is 0. The number of hydrogen-bond acceptors (Lipinski definition) is 2. The highest BCUT2D eigenvalue weighted by Gasteiger charge is 2.15. The molecule has 1 saturated heterocycles. The first-order valence-corrected chi connectivity index (χ1v) is 4.83. The molecule has 0 radical (unpaired) electrons. The molecule has 0 unspecified atom stereocenters. The van der Waals surface area contributed by atoms with Crippen LogP contribution in [0.25, 0.3) is 0 Å². The molecule has 0 aromatic heterocycles. The van der Waals surface area contributed by atoms with Gasteiger partial charge in [0.2, 0.25) is 0 Å². The fraction of sp³-hybridized carbons (Fsp3) is 1.00. The minimum atomic E-state index is -0.451. The van der Waals surface area contributed by atoms with Gasteiger partial charge in [-0.3, -0.25) is 0 Å². The SMILES string of the molecule is CCCCP1OCCO1. The molecule has 0 saturated carbocycles. The Hall–Kier alpha value is 0.350. The van der Waals surface area contributed by atoms with E-state index >= 15 is 0 Å². The maximum Gasteiger partial charge on any atom is 0.170 e. The van der Waals surface area contributed by atoms with E-state index in [2.05, 4.69) is 6.92 Å². The van der Waals surface area contributed by atoms with Crippen molar-refractivity contribution in [2.75, 3.05) is 19.4 Å². The van der Waals surface area contributed by atoms with Gasteiger partial charge < -0.3 is 9.05 Å². The van der Waals surface area contributed by atoms with Gasteiger partial charge in [0.25, 0.3) is 0 Å². The van der Waals surface area contributed by atoms with Gasteiger partial charge in [-0.25, -0.2) is 0 Å². The summed E-state index contributed by atoms with van der Waals surface area (Å²) in [5.74, 6) is 0.